The van der Waals surface area contributed by atoms with Gasteiger partial charge in [-0.25, -0.2) is 0 Å². The normalized spacial score (nSPS) is 11.5. The second-order valence-electron chi connectivity index (χ2n) is 7.02. The zero-order chi connectivity index (χ0) is 22.1. The third kappa shape index (κ3) is 6.01. The van der Waals surface area contributed by atoms with Crippen LogP contribution in [0.4, 0.5) is 0 Å². The lowest BCUT2D eigenvalue weighted by atomic mass is 9.98. The number of rotatable bonds is 10. The molecule has 0 spiro atoms. The van der Waals surface area contributed by atoms with Crippen LogP contribution in [0.25, 0.3) is 0 Å². The fourth-order valence-electron chi connectivity index (χ4n) is 3.37. The molecule has 1 atom stereocenters. The molecule has 5 nitrogen and oxygen atoms in total. The molecule has 0 unspecified atom stereocenters. The van der Waals surface area contributed by atoms with Gasteiger partial charge in [-0.2, -0.15) is 0 Å². The molecule has 0 aromatic heterocycles. The predicted octanol–water partition coefficient (Wildman–Crippen LogP) is 5.21. The molecule has 5 heteroatoms. The standard InChI is InChI=1S/C26H29NO4/c1-4-30-24-16-13-21(18-25(24)31-5-2)23(17-19-9-7-6-8-10-19)27-26(28)20-11-14-22(29-3)15-12-20/h6-16,18,23H,4-5,17H2,1-3H3,(H,27,28)/t23-/m0/s1. The maximum atomic E-state index is 13.0. The summed E-state index contributed by atoms with van der Waals surface area (Å²) in [5, 5.41) is 3.18. The van der Waals surface area contributed by atoms with E-state index in [9.17, 15) is 4.79 Å². The molecular formula is C26H29NO4. The highest BCUT2D eigenvalue weighted by Crippen LogP contribution is 2.32. The van der Waals surface area contributed by atoms with Gasteiger partial charge in [-0.05, 0) is 67.8 Å². The number of ether oxygens (including phenoxy) is 3. The summed E-state index contributed by atoms with van der Waals surface area (Å²) in [4.78, 5) is 13.0. The average Bonchev–Trinajstić information content (AvgIpc) is 2.81. The van der Waals surface area contributed by atoms with Crippen LogP contribution in [0.5, 0.6) is 17.2 Å². The fraction of sp³-hybridized carbons (Fsp3) is 0.269. The molecule has 162 valence electrons. The molecule has 0 radical (unpaired) electrons. The zero-order valence-corrected chi connectivity index (χ0v) is 18.3. The van der Waals surface area contributed by atoms with Gasteiger partial charge in [0.2, 0.25) is 0 Å². The number of amides is 1. The van der Waals surface area contributed by atoms with Crippen LogP contribution in [-0.2, 0) is 6.42 Å². The van der Waals surface area contributed by atoms with Gasteiger partial charge in [0.25, 0.3) is 5.91 Å². The van der Waals surface area contributed by atoms with E-state index in [1.165, 1.54) is 0 Å². The molecule has 3 aromatic carbocycles. The van der Waals surface area contributed by atoms with E-state index in [4.69, 9.17) is 14.2 Å². The lowest BCUT2D eigenvalue weighted by Gasteiger charge is -2.21. The van der Waals surface area contributed by atoms with Gasteiger partial charge in [0.15, 0.2) is 11.5 Å². The van der Waals surface area contributed by atoms with Crippen LogP contribution in [-0.4, -0.2) is 26.2 Å². The molecular weight excluding hydrogens is 390 g/mol. The van der Waals surface area contributed by atoms with Gasteiger partial charge in [0.05, 0.1) is 26.4 Å². The highest BCUT2D eigenvalue weighted by Gasteiger charge is 2.19. The minimum atomic E-state index is -0.230. The van der Waals surface area contributed by atoms with Crippen LogP contribution in [0, 0.1) is 0 Å². The summed E-state index contributed by atoms with van der Waals surface area (Å²) in [5.74, 6) is 1.95. The Kier molecular flexibility index (Phi) is 7.93. The second kappa shape index (κ2) is 11.1. The number of carbonyl (C=O) groups is 1. The first-order chi connectivity index (χ1) is 15.1. The summed E-state index contributed by atoms with van der Waals surface area (Å²) >= 11 is 0. The fourth-order valence-corrected chi connectivity index (χ4v) is 3.37. The zero-order valence-electron chi connectivity index (χ0n) is 18.3. The van der Waals surface area contributed by atoms with Gasteiger partial charge in [0.1, 0.15) is 5.75 Å². The van der Waals surface area contributed by atoms with E-state index in [0.29, 0.717) is 42.4 Å². The molecule has 0 saturated carbocycles. The topological polar surface area (TPSA) is 56.8 Å². The van der Waals surface area contributed by atoms with E-state index < -0.39 is 0 Å². The quantitative estimate of drug-likeness (QED) is 0.490. The molecule has 0 aliphatic heterocycles. The Morgan fingerprint density at radius 1 is 0.871 bits per heavy atom. The first-order valence-corrected chi connectivity index (χ1v) is 10.5. The number of hydrogen-bond donors (Lipinski definition) is 1. The van der Waals surface area contributed by atoms with Crippen molar-refractivity contribution in [3.8, 4) is 17.2 Å². The number of nitrogens with one attached hydrogen (secondary N) is 1. The van der Waals surface area contributed by atoms with Crippen molar-refractivity contribution in [1.29, 1.82) is 0 Å². The van der Waals surface area contributed by atoms with Crippen molar-refractivity contribution in [2.45, 2.75) is 26.3 Å². The monoisotopic (exact) mass is 419 g/mol. The smallest absolute Gasteiger partial charge is 0.251 e. The SMILES string of the molecule is CCOc1ccc([C@H](Cc2ccccc2)NC(=O)c2ccc(OC)cc2)cc1OCC. The van der Waals surface area contributed by atoms with E-state index in [1.807, 2.05) is 50.2 Å². The minimum absolute atomic E-state index is 0.143. The molecule has 3 aromatic rings. The van der Waals surface area contributed by atoms with E-state index in [-0.39, 0.29) is 11.9 Å². The number of carbonyl (C=O) groups excluding carboxylic acids is 1. The van der Waals surface area contributed by atoms with Crippen molar-refractivity contribution in [2.75, 3.05) is 20.3 Å². The Morgan fingerprint density at radius 2 is 1.55 bits per heavy atom. The van der Waals surface area contributed by atoms with Crippen LogP contribution in [0.1, 0.15) is 41.4 Å². The molecule has 0 saturated heterocycles. The number of methoxy groups -OCH3 is 1. The predicted molar refractivity (Wildman–Crippen MR) is 122 cm³/mol. The third-order valence-corrected chi connectivity index (χ3v) is 4.91. The first-order valence-electron chi connectivity index (χ1n) is 10.5. The summed E-state index contributed by atoms with van der Waals surface area (Å²) in [6.07, 6.45) is 0.655. The highest BCUT2D eigenvalue weighted by atomic mass is 16.5. The lowest BCUT2D eigenvalue weighted by Crippen LogP contribution is -2.30. The Morgan fingerprint density at radius 3 is 2.19 bits per heavy atom. The summed E-state index contributed by atoms with van der Waals surface area (Å²) in [6.45, 7) is 4.97. The largest absolute Gasteiger partial charge is 0.497 e. The Balaban J connectivity index is 1.90. The molecule has 3 rings (SSSR count). The maximum absolute atomic E-state index is 13.0. The van der Waals surface area contributed by atoms with Crippen molar-refractivity contribution in [1.82, 2.24) is 5.32 Å². The Hall–Kier alpha value is -3.47. The van der Waals surface area contributed by atoms with Crippen LogP contribution in [0.2, 0.25) is 0 Å². The van der Waals surface area contributed by atoms with Gasteiger partial charge in [-0.15, -0.1) is 0 Å². The molecule has 0 aliphatic carbocycles. The average molecular weight is 420 g/mol. The van der Waals surface area contributed by atoms with E-state index in [2.05, 4.69) is 17.4 Å². The lowest BCUT2D eigenvalue weighted by molar-refractivity contribution is 0.0936. The molecule has 0 bridgehead atoms. The van der Waals surface area contributed by atoms with Crippen molar-refractivity contribution in [3.05, 3.63) is 89.5 Å². The Bertz CT molecular complexity index is 970. The minimum Gasteiger partial charge on any atom is -0.497 e. The van der Waals surface area contributed by atoms with Gasteiger partial charge >= 0.3 is 0 Å². The number of benzene rings is 3. The summed E-state index contributed by atoms with van der Waals surface area (Å²) in [6, 6.07) is 22.8. The van der Waals surface area contributed by atoms with Crippen molar-refractivity contribution in [3.63, 3.8) is 0 Å². The molecule has 0 heterocycles. The second-order valence-corrected chi connectivity index (χ2v) is 7.02. The molecule has 0 fully saturated rings. The molecule has 31 heavy (non-hydrogen) atoms. The van der Waals surface area contributed by atoms with Crippen LogP contribution in [0.15, 0.2) is 72.8 Å². The molecule has 0 aliphatic rings. The van der Waals surface area contributed by atoms with Crippen LogP contribution < -0.4 is 19.5 Å². The summed E-state index contributed by atoms with van der Waals surface area (Å²) < 4.78 is 16.7. The van der Waals surface area contributed by atoms with E-state index >= 15 is 0 Å². The van der Waals surface area contributed by atoms with E-state index in [1.54, 1.807) is 31.4 Å². The van der Waals surface area contributed by atoms with Crippen LogP contribution in [0.3, 0.4) is 0 Å². The number of hydrogen-bond acceptors (Lipinski definition) is 4. The summed E-state index contributed by atoms with van der Waals surface area (Å²) in [7, 11) is 1.60. The molecule has 1 N–H and O–H groups in total. The maximum Gasteiger partial charge on any atom is 0.251 e. The van der Waals surface area contributed by atoms with Gasteiger partial charge in [0, 0.05) is 5.56 Å². The highest BCUT2D eigenvalue weighted by molar-refractivity contribution is 5.94. The van der Waals surface area contributed by atoms with E-state index in [0.717, 1.165) is 11.1 Å². The third-order valence-electron chi connectivity index (χ3n) is 4.91. The van der Waals surface area contributed by atoms with Crippen molar-refractivity contribution in [2.24, 2.45) is 0 Å². The van der Waals surface area contributed by atoms with Gasteiger partial charge in [-0.1, -0.05) is 36.4 Å². The Labute approximate surface area is 184 Å². The van der Waals surface area contributed by atoms with Gasteiger partial charge in [-0.3, -0.25) is 4.79 Å². The van der Waals surface area contributed by atoms with Crippen molar-refractivity contribution < 1.29 is 19.0 Å². The molecule has 1 amide bonds. The van der Waals surface area contributed by atoms with Crippen molar-refractivity contribution >= 4 is 5.91 Å². The first kappa shape index (κ1) is 22.2. The van der Waals surface area contributed by atoms with Crippen LogP contribution >= 0.6 is 0 Å². The summed E-state index contributed by atoms with van der Waals surface area (Å²) in [5.41, 5.74) is 2.67. The van der Waals surface area contributed by atoms with Gasteiger partial charge < -0.3 is 19.5 Å².